The third-order valence-electron chi connectivity index (χ3n) is 4.22. The number of likely N-dealkylation sites (tertiary alicyclic amines) is 1. The molecular weight excluding hydrogens is 292 g/mol. The van der Waals surface area contributed by atoms with Gasteiger partial charge in [0.1, 0.15) is 0 Å². The molecule has 0 N–H and O–H groups in total. The lowest BCUT2D eigenvalue weighted by atomic mass is 10.1. The number of carbonyl (C=O) groups excluding carboxylic acids is 2. The van der Waals surface area contributed by atoms with Gasteiger partial charge >= 0.3 is 0 Å². The van der Waals surface area contributed by atoms with E-state index in [0.29, 0.717) is 26.1 Å². The van der Waals surface area contributed by atoms with Gasteiger partial charge in [-0.25, -0.2) is 4.98 Å². The number of amides is 2. The molecule has 2 heterocycles. The van der Waals surface area contributed by atoms with E-state index in [9.17, 15) is 9.59 Å². The van der Waals surface area contributed by atoms with Gasteiger partial charge in [-0.3, -0.25) is 14.6 Å². The van der Waals surface area contributed by atoms with Gasteiger partial charge in [0.05, 0.1) is 35.4 Å². The van der Waals surface area contributed by atoms with Crippen LogP contribution in [0.25, 0.3) is 11.0 Å². The molecule has 0 bridgehead atoms. The normalized spacial score (nSPS) is 17.7. The summed E-state index contributed by atoms with van der Waals surface area (Å²) < 4.78 is 0. The van der Waals surface area contributed by atoms with Gasteiger partial charge in [-0.2, -0.15) is 0 Å². The zero-order valence-electron chi connectivity index (χ0n) is 13.4. The summed E-state index contributed by atoms with van der Waals surface area (Å²) in [5.41, 5.74) is 2.40. The fraction of sp³-hybridized carbons (Fsp3) is 0.412. The molecule has 1 fully saturated rings. The first-order valence-electron chi connectivity index (χ1n) is 7.82. The van der Waals surface area contributed by atoms with Gasteiger partial charge in [0.15, 0.2) is 0 Å². The number of hydrogen-bond donors (Lipinski definition) is 0. The Bertz CT molecular complexity index is 746. The SMILES string of the molecule is CCN1C[C@H](C(=O)N(C)Cc2cnc3ccccc3n2)CC1=O. The molecule has 0 saturated carbocycles. The zero-order valence-corrected chi connectivity index (χ0v) is 13.4. The Balaban J connectivity index is 1.69. The molecule has 0 unspecified atom stereocenters. The number of para-hydroxylation sites is 2. The van der Waals surface area contributed by atoms with Crippen LogP contribution in [-0.2, 0) is 16.1 Å². The predicted molar refractivity (Wildman–Crippen MR) is 86.4 cm³/mol. The number of fused-ring (bicyclic) bond motifs is 1. The minimum Gasteiger partial charge on any atom is -0.342 e. The Kier molecular flexibility index (Phi) is 4.23. The molecule has 6 nitrogen and oxygen atoms in total. The summed E-state index contributed by atoms with van der Waals surface area (Å²) in [4.78, 5) is 36.6. The molecule has 2 aromatic rings. The second-order valence-electron chi connectivity index (χ2n) is 5.88. The van der Waals surface area contributed by atoms with Crippen molar-refractivity contribution in [3.05, 3.63) is 36.2 Å². The third-order valence-corrected chi connectivity index (χ3v) is 4.22. The largest absolute Gasteiger partial charge is 0.342 e. The highest BCUT2D eigenvalue weighted by atomic mass is 16.2. The average Bonchev–Trinajstić information content (AvgIpc) is 2.95. The molecule has 6 heteroatoms. The van der Waals surface area contributed by atoms with E-state index in [4.69, 9.17) is 0 Å². The van der Waals surface area contributed by atoms with Crippen molar-refractivity contribution >= 4 is 22.8 Å². The Hall–Kier alpha value is -2.50. The van der Waals surface area contributed by atoms with Gasteiger partial charge in [-0.1, -0.05) is 12.1 Å². The van der Waals surface area contributed by atoms with E-state index in [1.54, 1.807) is 23.0 Å². The number of carbonyl (C=O) groups is 2. The van der Waals surface area contributed by atoms with E-state index in [1.165, 1.54) is 0 Å². The number of rotatable bonds is 4. The first kappa shape index (κ1) is 15.4. The van der Waals surface area contributed by atoms with Crippen molar-refractivity contribution in [1.82, 2.24) is 19.8 Å². The smallest absolute Gasteiger partial charge is 0.228 e. The lowest BCUT2D eigenvalue weighted by Crippen LogP contribution is -2.34. The van der Waals surface area contributed by atoms with E-state index in [0.717, 1.165) is 16.7 Å². The topological polar surface area (TPSA) is 66.4 Å². The highest BCUT2D eigenvalue weighted by Crippen LogP contribution is 2.20. The van der Waals surface area contributed by atoms with Crippen LogP contribution < -0.4 is 0 Å². The fourth-order valence-corrected chi connectivity index (χ4v) is 2.95. The lowest BCUT2D eigenvalue weighted by Gasteiger charge is -2.20. The van der Waals surface area contributed by atoms with Crippen molar-refractivity contribution in [1.29, 1.82) is 0 Å². The van der Waals surface area contributed by atoms with Gasteiger partial charge in [0.25, 0.3) is 0 Å². The Morgan fingerprint density at radius 1 is 1.35 bits per heavy atom. The molecule has 1 aromatic carbocycles. The number of aromatic nitrogens is 2. The monoisotopic (exact) mass is 312 g/mol. The van der Waals surface area contributed by atoms with Crippen molar-refractivity contribution in [2.75, 3.05) is 20.1 Å². The van der Waals surface area contributed by atoms with Crippen molar-refractivity contribution in [2.45, 2.75) is 19.9 Å². The number of benzene rings is 1. The summed E-state index contributed by atoms with van der Waals surface area (Å²) >= 11 is 0. The molecular formula is C17H20N4O2. The van der Waals surface area contributed by atoms with Crippen LogP contribution in [0.2, 0.25) is 0 Å². The molecule has 23 heavy (non-hydrogen) atoms. The Morgan fingerprint density at radius 3 is 2.78 bits per heavy atom. The number of hydrogen-bond acceptors (Lipinski definition) is 4. The molecule has 1 aliphatic heterocycles. The van der Waals surface area contributed by atoms with Crippen LogP contribution in [0.1, 0.15) is 19.0 Å². The van der Waals surface area contributed by atoms with E-state index < -0.39 is 0 Å². The zero-order chi connectivity index (χ0) is 16.4. The molecule has 1 aromatic heterocycles. The fourth-order valence-electron chi connectivity index (χ4n) is 2.95. The van der Waals surface area contributed by atoms with Crippen LogP contribution in [0.4, 0.5) is 0 Å². The Labute approximate surface area is 135 Å². The summed E-state index contributed by atoms with van der Waals surface area (Å²) in [5.74, 6) is -0.199. The van der Waals surface area contributed by atoms with E-state index >= 15 is 0 Å². The molecule has 0 spiro atoms. The molecule has 0 radical (unpaired) electrons. The molecule has 120 valence electrons. The van der Waals surface area contributed by atoms with Crippen LogP contribution in [0.3, 0.4) is 0 Å². The molecule has 1 aliphatic rings. The first-order valence-corrected chi connectivity index (χ1v) is 7.82. The summed E-state index contributed by atoms with van der Waals surface area (Å²) in [6.45, 7) is 3.50. The second-order valence-corrected chi connectivity index (χ2v) is 5.88. The van der Waals surface area contributed by atoms with Crippen molar-refractivity contribution < 1.29 is 9.59 Å². The van der Waals surface area contributed by atoms with Crippen LogP contribution >= 0.6 is 0 Å². The summed E-state index contributed by atoms with van der Waals surface area (Å²) in [6, 6.07) is 7.65. The maximum atomic E-state index is 12.5. The maximum Gasteiger partial charge on any atom is 0.228 e. The number of nitrogens with zero attached hydrogens (tertiary/aromatic N) is 4. The predicted octanol–water partition coefficient (Wildman–Crippen LogP) is 1.46. The van der Waals surface area contributed by atoms with Crippen LogP contribution in [0.5, 0.6) is 0 Å². The van der Waals surface area contributed by atoms with Crippen LogP contribution in [0, 0.1) is 5.92 Å². The van der Waals surface area contributed by atoms with Crippen molar-refractivity contribution in [2.24, 2.45) is 5.92 Å². The maximum absolute atomic E-state index is 12.5. The summed E-state index contributed by atoms with van der Waals surface area (Å²) in [5, 5.41) is 0. The second kappa shape index (κ2) is 6.32. The third kappa shape index (κ3) is 3.16. The van der Waals surface area contributed by atoms with Crippen molar-refractivity contribution in [3.8, 4) is 0 Å². The molecule has 3 rings (SSSR count). The van der Waals surface area contributed by atoms with E-state index in [-0.39, 0.29) is 17.7 Å². The standard InChI is InChI=1S/C17H20N4O2/c1-3-21-10-12(8-16(21)22)17(23)20(2)11-13-9-18-14-6-4-5-7-15(14)19-13/h4-7,9,12H,3,8,10-11H2,1-2H3/t12-/m1/s1. The van der Waals surface area contributed by atoms with Gasteiger partial charge in [-0.15, -0.1) is 0 Å². The van der Waals surface area contributed by atoms with Gasteiger partial charge < -0.3 is 9.80 Å². The van der Waals surface area contributed by atoms with Gasteiger partial charge in [-0.05, 0) is 19.1 Å². The van der Waals surface area contributed by atoms with Gasteiger partial charge in [0.2, 0.25) is 11.8 Å². The quantitative estimate of drug-likeness (QED) is 0.857. The van der Waals surface area contributed by atoms with Crippen molar-refractivity contribution in [3.63, 3.8) is 0 Å². The highest BCUT2D eigenvalue weighted by Gasteiger charge is 2.34. The molecule has 1 saturated heterocycles. The highest BCUT2D eigenvalue weighted by molar-refractivity contribution is 5.89. The Morgan fingerprint density at radius 2 is 2.09 bits per heavy atom. The van der Waals surface area contributed by atoms with Gasteiger partial charge in [0, 0.05) is 26.6 Å². The summed E-state index contributed by atoms with van der Waals surface area (Å²) in [7, 11) is 1.75. The molecule has 2 amide bonds. The minimum atomic E-state index is -0.249. The molecule has 0 aliphatic carbocycles. The lowest BCUT2D eigenvalue weighted by molar-refractivity contribution is -0.135. The van der Waals surface area contributed by atoms with Crippen LogP contribution in [0.15, 0.2) is 30.5 Å². The van der Waals surface area contributed by atoms with E-state index in [2.05, 4.69) is 9.97 Å². The van der Waals surface area contributed by atoms with Crippen LogP contribution in [-0.4, -0.2) is 51.7 Å². The molecule has 1 atom stereocenters. The average molecular weight is 312 g/mol. The van der Waals surface area contributed by atoms with E-state index in [1.807, 2.05) is 31.2 Å². The summed E-state index contributed by atoms with van der Waals surface area (Å²) in [6.07, 6.45) is 2.00. The first-order chi connectivity index (χ1) is 11.1. The minimum absolute atomic E-state index is 0.00995.